The standard InChI is InChI=1S/C26H24ClNO3/c1-17(2)19-8-10-20(11-9-19)24(29)15-26(31)22-14-21(27)12-13-23(22)28(25(26)30)16-18-6-4-3-5-7-18/h3-14,17,31H,15-16H2,1-2H3. The Kier molecular flexibility index (Phi) is 5.69. The maximum Gasteiger partial charge on any atom is 0.264 e. The molecule has 4 nitrogen and oxygen atoms in total. The van der Waals surface area contributed by atoms with E-state index in [1.807, 2.05) is 42.5 Å². The zero-order chi connectivity index (χ0) is 22.2. The lowest BCUT2D eigenvalue weighted by molar-refractivity contribution is -0.136. The number of ketones is 1. The summed E-state index contributed by atoms with van der Waals surface area (Å²) >= 11 is 6.18. The summed E-state index contributed by atoms with van der Waals surface area (Å²) in [5.41, 5.74) is 1.51. The average Bonchev–Trinajstić information content (AvgIpc) is 2.96. The molecule has 0 bridgehead atoms. The number of Topliss-reactive ketones (excluding diaryl/α,β-unsaturated/α-hetero) is 1. The fourth-order valence-electron chi connectivity index (χ4n) is 4.00. The predicted octanol–water partition coefficient (Wildman–Crippen LogP) is 5.47. The molecule has 3 aromatic rings. The summed E-state index contributed by atoms with van der Waals surface area (Å²) in [6, 6.07) is 21.8. The molecule has 1 amide bonds. The summed E-state index contributed by atoms with van der Waals surface area (Å²) in [4.78, 5) is 27.9. The van der Waals surface area contributed by atoms with Crippen molar-refractivity contribution in [3.05, 3.63) is 100 Å². The molecular formula is C26H24ClNO3. The maximum atomic E-state index is 13.4. The highest BCUT2D eigenvalue weighted by Crippen LogP contribution is 2.44. The van der Waals surface area contributed by atoms with Crippen LogP contribution >= 0.6 is 11.6 Å². The number of hydrogen-bond acceptors (Lipinski definition) is 3. The van der Waals surface area contributed by atoms with Crippen LogP contribution in [0.1, 0.15) is 53.2 Å². The number of nitrogens with zero attached hydrogens (tertiary/aromatic N) is 1. The normalized spacial score (nSPS) is 17.8. The summed E-state index contributed by atoms with van der Waals surface area (Å²) in [6.07, 6.45) is -0.342. The van der Waals surface area contributed by atoms with E-state index in [0.717, 1.165) is 11.1 Å². The van der Waals surface area contributed by atoms with Crippen molar-refractivity contribution >= 4 is 29.0 Å². The van der Waals surface area contributed by atoms with Gasteiger partial charge in [0.05, 0.1) is 18.7 Å². The van der Waals surface area contributed by atoms with E-state index in [2.05, 4.69) is 13.8 Å². The fourth-order valence-corrected chi connectivity index (χ4v) is 4.18. The van der Waals surface area contributed by atoms with Crippen molar-refractivity contribution in [2.24, 2.45) is 0 Å². The third-order valence-corrected chi connectivity index (χ3v) is 6.03. The highest BCUT2D eigenvalue weighted by atomic mass is 35.5. The van der Waals surface area contributed by atoms with Gasteiger partial charge in [-0.3, -0.25) is 9.59 Å². The maximum absolute atomic E-state index is 13.4. The molecule has 1 heterocycles. The summed E-state index contributed by atoms with van der Waals surface area (Å²) in [5.74, 6) is -0.454. The van der Waals surface area contributed by atoms with E-state index in [9.17, 15) is 14.7 Å². The van der Waals surface area contributed by atoms with Crippen LogP contribution in [0.3, 0.4) is 0 Å². The summed E-state index contributed by atoms with van der Waals surface area (Å²) < 4.78 is 0. The number of rotatable bonds is 6. The molecule has 5 heteroatoms. The minimum Gasteiger partial charge on any atom is -0.375 e. The Balaban J connectivity index is 1.67. The molecule has 0 aromatic heterocycles. The van der Waals surface area contributed by atoms with Crippen LogP contribution in [0.25, 0.3) is 0 Å². The van der Waals surface area contributed by atoms with Crippen molar-refractivity contribution in [1.29, 1.82) is 0 Å². The van der Waals surface area contributed by atoms with Crippen molar-refractivity contribution < 1.29 is 14.7 Å². The number of hydrogen-bond donors (Lipinski definition) is 1. The Morgan fingerprint density at radius 1 is 1.03 bits per heavy atom. The molecular weight excluding hydrogens is 410 g/mol. The molecule has 0 aliphatic carbocycles. The first kappa shape index (κ1) is 21.3. The first-order valence-corrected chi connectivity index (χ1v) is 10.7. The van der Waals surface area contributed by atoms with Crippen LogP contribution in [0.2, 0.25) is 5.02 Å². The Hall–Kier alpha value is -2.95. The Labute approximate surface area is 187 Å². The quantitative estimate of drug-likeness (QED) is 0.524. The molecule has 1 aliphatic heterocycles. The number of carbonyl (C=O) groups excluding carboxylic acids is 2. The number of amides is 1. The number of halogens is 1. The second-order valence-corrected chi connectivity index (χ2v) is 8.71. The van der Waals surface area contributed by atoms with Crippen molar-refractivity contribution in [3.63, 3.8) is 0 Å². The van der Waals surface area contributed by atoms with E-state index < -0.39 is 11.5 Å². The van der Waals surface area contributed by atoms with Gasteiger partial charge in [-0.05, 0) is 35.2 Å². The lowest BCUT2D eigenvalue weighted by atomic mass is 9.87. The summed E-state index contributed by atoms with van der Waals surface area (Å²) in [6.45, 7) is 4.46. The van der Waals surface area contributed by atoms with Gasteiger partial charge in [-0.25, -0.2) is 0 Å². The molecule has 0 radical (unpaired) electrons. The Morgan fingerprint density at radius 3 is 2.35 bits per heavy atom. The molecule has 31 heavy (non-hydrogen) atoms. The highest BCUT2D eigenvalue weighted by molar-refractivity contribution is 6.31. The number of aliphatic hydroxyl groups is 1. The smallest absolute Gasteiger partial charge is 0.264 e. The molecule has 1 atom stereocenters. The first-order valence-electron chi connectivity index (χ1n) is 10.3. The number of benzene rings is 3. The summed E-state index contributed by atoms with van der Waals surface area (Å²) in [5, 5.41) is 11.9. The fraction of sp³-hybridized carbons (Fsp3) is 0.231. The van der Waals surface area contributed by atoms with Crippen LogP contribution in [-0.4, -0.2) is 16.8 Å². The van der Waals surface area contributed by atoms with Crippen molar-refractivity contribution in [3.8, 4) is 0 Å². The van der Waals surface area contributed by atoms with Gasteiger partial charge in [-0.15, -0.1) is 0 Å². The predicted molar refractivity (Wildman–Crippen MR) is 122 cm³/mol. The van der Waals surface area contributed by atoms with Gasteiger partial charge in [0.1, 0.15) is 0 Å². The number of fused-ring (bicyclic) bond motifs is 1. The monoisotopic (exact) mass is 433 g/mol. The third-order valence-electron chi connectivity index (χ3n) is 5.79. The highest BCUT2D eigenvalue weighted by Gasteiger charge is 2.51. The van der Waals surface area contributed by atoms with E-state index in [1.165, 1.54) is 4.90 Å². The van der Waals surface area contributed by atoms with Gasteiger partial charge < -0.3 is 10.0 Å². The molecule has 0 fully saturated rings. The Morgan fingerprint density at radius 2 is 1.71 bits per heavy atom. The van der Waals surface area contributed by atoms with Gasteiger partial charge in [0.2, 0.25) is 0 Å². The third kappa shape index (κ3) is 4.01. The van der Waals surface area contributed by atoms with Crippen molar-refractivity contribution in [1.82, 2.24) is 0 Å². The minimum absolute atomic E-state index is 0.293. The average molecular weight is 434 g/mol. The van der Waals surface area contributed by atoms with Crippen LogP contribution in [-0.2, 0) is 16.9 Å². The van der Waals surface area contributed by atoms with E-state index in [-0.39, 0.29) is 12.2 Å². The number of carbonyl (C=O) groups is 2. The zero-order valence-electron chi connectivity index (χ0n) is 17.5. The first-order chi connectivity index (χ1) is 14.8. The second-order valence-electron chi connectivity index (χ2n) is 8.28. The Bertz CT molecular complexity index is 1130. The van der Waals surface area contributed by atoms with E-state index in [0.29, 0.717) is 34.3 Å². The van der Waals surface area contributed by atoms with Gasteiger partial charge in [0.25, 0.3) is 5.91 Å². The molecule has 158 valence electrons. The molecule has 0 spiro atoms. The zero-order valence-corrected chi connectivity index (χ0v) is 18.3. The lowest BCUT2D eigenvalue weighted by Gasteiger charge is -2.23. The van der Waals surface area contributed by atoms with Crippen molar-refractivity contribution in [2.75, 3.05) is 4.90 Å². The summed E-state index contributed by atoms with van der Waals surface area (Å²) in [7, 11) is 0. The van der Waals surface area contributed by atoms with Crippen LogP contribution < -0.4 is 4.90 Å². The van der Waals surface area contributed by atoms with Crippen LogP contribution in [0.15, 0.2) is 72.8 Å². The second kappa shape index (κ2) is 8.29. The van der Waals surface area contributed by atoms with Gasteiger partial charge in [-0.1, -0.05) is 80.0 Å². The molecule has 4 rings (SSSR count). The largest absolute Gasteiger partial charge is 0.375 e. The van der Waals surface area contributed by atoms with Gasteiger partial charge in [0.15, 0.2) is 11.4 Å². The SMILES string of the molecule is CC(C)c1ccc(C(=O)CC2(O)C(=O)N(Cc3ccccc3)c3ccc(Cl)cc32)cc1. The van der Waals surface area contributed by atoms with E-state index in [4.69, 9.17) is 11.6 Å². The molecule has 1 unspecified atom stereocenters. The molecule has 3 aromatic carbocycles. The molecule has 1 aliphatic rings. The van der Waals surface area contributed by atoms with E-state index >= 15 is 0 Å². The van der Waals surface area contributed by atoms with E-state index in [1.54, 1.807) is 30.3 Å². The molecule has 1 N–H and O–H groups in total. The minimum atomic E-state index is -1.96. The number of anilines is 1. The molecule has 0 saturated carbocycles. The van der Waals surface area contributed by atoms with Crippen molar-refractivity contribution in [2.45, 2.75) is 38.3 Å². The van der Waals surface area contributed by atoms with Gasteiger partial charge in [0, 0.05) is 16.1 Å². The van der Waals surface area contributed by atoms with Gasteiger partial charge in [-0.2, -0.15) is 0 Å². The van der Waals surface area contributed by atoms with Gasteiger partial charge >= 0.3 is 0 Å². The van der Waals surface area contributed by atoms with Crippen LogP contribution in [0.5, 0.6) is 0 Å². The lowest BCUT2D eigenvalue weighted by Crippen LogP contribution is -2.41. The van der Waals surface area contributed by atoms with Crippen LogP contribution in [0.4, 0.5) is 5.69 Å². The van der Waals surface area contributed by atoms with Crippen LogP contribution in [0, 0.1) is 0 Å². The topological polar surface area (TPSA) is 57.6 Å². The molecule has 0 saturated heterocycles.